The largest absolute Gasteiger partial charge is 0.472 e. The van der Waals surface area contributed by atoms with Crippen LogP contribution in [0.3, 0.4) is 0 Å². The molecule has 1 aliphatic heterocycles. The Bertz CT molecular complexity index is 668. The van der Waals surface area contributed by atoms with Gasteiger partial charge in [-0.3, -0.25) is 0 Å². The van der Waals surface area contributed by atoms with E-state index >= 15 is 0 Å². The van der Waals surface area contributed by atoms with E-state index < -0.39 is 0 Å². The minimum atomic E-state index is -0.0863. The first-order valence-electron chi connectivity index (χ1n) is 7.82. The summed E-state index contributed by atoms with van der Waals surface area (Å²) < 4.78 is 5.84. The number of nitrogens with zero attached hydrogens (tertiary/aromatic N) is 2. The van der Waals surface area contributed by atoms with Crippen molar-refractivity contribution in [3.8, 4) is 5.88 Å². The highest BCUT2D eigenvalue weighted by Gasteiger charge is 2.27. The predicted molar refractivity (Wildman–Crippen MR) is 89.8 cm³/mol. The van der Waals surface area contributed by atoms with Crippen LogP contribution in [0.15, 0.2) is 42.6 Å². The fraction of sp³-hybridized carbons (Fsp3) is 0.333. The number of benzene rings is 1. The molecule has 1 fully saturated rings. The maximum Gasteiger partial charge on any atom is 0.321 e. The molecule has 0 saturated carbocycles. The van der Waals surface area contributed by atoms with Crippen LogP contribution in [0.25, 0.3) is 0 Å². The zero-order valence-corrected chi connectivity index (χ0v) is 13.5. The number of urea groups is 1. The Labute approximate surface area is 136 Å². The number of rotatable bonds is 3. The second-order valence-corrected chi connectivity index (χ2v) is 5.94. The Hall–Kier alpha value is -2.56. The number of amides is 2. The van der Waals surface area contributed by atoms with Gasteiger partial charge in [-0.05, 0) is 31.5 Å². The van der Waals surface area contributed by atoms with Gasteiger partial charge in [-0.1, -0.05) is 23.8 Å². The van der Waals surface area contributed by atoms with E-state index in [1.165, 1.54) is 5.56 Å². The van der Waals surface area contributed by atoms with Crippen molar-refractivity contribution in [1.29, 1.82) is 0 Å². The molecule has 1 N–H and O–H groups in total. The van der Waals surface area contributed by atoms with Crippen LogP contribution in [0.4, 0.5) is 10.5 Å². The topological polar surface area (TPSA) is 54.5 Å². The lowest BCUT2D eigenvalue weighted by Crippen LogP contribution is -2.34. The van der Waals surface area contributed by atoms with Crippen molar-refractivity contribution in [2.45, 2.75) is 26.4 Å². The van der Waals surface area contributed by atoms with Crippen LogP contribution in [0, 0.1) is 13.8 Å². The Morgan fingerprint density at radius 3 is 2.61 bits per heavy atom. The highest BCUT2D eigenvalue weighted by molar-refractivity contribution is 5.89. The lowest BCUT2D eigenvalue weighted by Gasteiger charge is -2.17. The molecule has 2 heterocycles. The molecule has 1 saturated heterocycles. The van der Waals surface area contributed by atoms with Crippen LogP contribution in [0.5, 0.6) is 5.88 Å². The van der Waals surface area contributed by atoms with Crippen LogP contribution in [0.2, 0.25) is 0 Å². The van der Waals surface area contributed by atoms with Crippen molar-refractivity contribution < 1.29 is 9.53 Å². The van der Waals surface area contributed by atoms with E-state index in [2.05, 4.69) is 10.3 Å². The first kappa shape index (κ1) is 15.3. The molecule has 2 aromatic rings. The van der Waals surface area contributed by atoms with Crippen molar-refractivity contribution in [3.05, 3.63) is 53.7 Å². The third kappa shape index (κ3) is 4.00. The normalized spacial score (nSPS) is 17.1. The molecule has 0 radical (unpaired) electrons. The Morgan fingerprint density at radius 1 is 1.17 bits per heavy atom. The van der Waals surface area contributed by atoms with E-state index in [1.807, 2.05) is 50.2 Å². The Balaban J connectivity index is 1.53. The van der Waals surface area contributed by atoms with Crippen LogP contribution < -0.4 is 10.1 Å². The van der Waals surface area contributed by atoms with Gasteiger partial charge >= 0.3 is 6.03 Å². The molecule has 23 heavy (non-hydrogen) atoms. The number of aromatic nitrogens is 1. The van der Waals surface area contributed by atoms with Crippen molar-refractivity contribution in [2.24, 2.45) is 0 Å². The van der Waals surface area contributed by atoms with Gasteiger partial charge in [0.05, 0.1) is 6.54 Å². The van der Waals surface area contributed by atoms with E-state index in [0.29, 0.717) is 19.0 Å². The molecule has 1 aromatic heterocycles. The summed E-state index contributed by atoms with van der Waals surface area (Å²) in [5.41, 5.74) is 3.08. The fourth-order valence-corrected chi connectivity index (χ4v) is 2.54. The van der Waals surface area contributed by atoms with Gasteiger partial charge in [0, 0.05) is 30.9 Å². The van der Waals surface area contributed by atoms with E-state index in [9.17, 15) is 4.79 Å². The van der Waals surface area contributed by atoms with Crippen molar-refractivity contribution in [2.75, 3.05) is 18.4 Å². The average molecular weight is 311 g/mol. The quantitative estimate of drug-likeness (QED) is 0.945. The third-order valence-corrected chi connectivity index (χ3v) is 3.91. The third-order valence-electron chi connectivity index (χ3n) is 3.91. The summed E-state index contributed by atoms with van der Waals surface area (Å²) in [5, 5.41) is 2.92. The number of nitrogens with one attached hydrogen (secondary N) is 1. The molecule has 1 aromatic carbocycles. The molecule has 1 atom stereocenters. The monoisotopic (exact) mass is 311 g/mol. The molecule has 120 valence electrons. The summed E-state index contributed by atoms with van der Waals surface area (Å²) in [5.74, 6) is 0.612. The number of ether oxygens (including phenoxy) is 1. The highest BCUT2D eigenvalue weighted by Crippen LogP contribution is 2.18. The summed E-state index contributed by atoms with van der Waals surface area (Å²) in [6, 6.07) is 11.5. The standard InChI is InChI=1S/C18H21N3O2/c1-13-3-6-15(7-4-13)20-18(22)21-10-9-16(12-21)23-17-8-5-14(2)11-19-17/h3-8,11,16H,9-10,12H2,1-2H3,(H,20,22). The van der Waals surface area contributed by atoms with E-state index in [4.69, 9.17) is 4.74 Å². The van der Waals surface area contributed by atoms with Gasteiger partial charge in [-0.15, -0.1) is 0 Å². The number of hydrogen-bond acceptors (Lipinski definition) is 3. The lowest BCUT2D eigenvalue weighted by molar-refractivity contribution is 0.190. The molecule has 5 nitrogen and oxygen atoms in total. The fourth-order valence-electron chi connectivity index (χ4n) is 2.54. The number of anilines is 1. The molecule has 0 spiro atoms. The van der Waals surface area contributed by atoms with Gasteiger partial charge < -0.3 is 15.0 Å². The summed E-state index contributed by atoms with van der Waals surface area (Å²) in [4.78, 5) is 18.3. The van der Waals surface area contributed by atoms with Crippen LogP contribution in [-0.4, -0.2) is 35.1 Å². The molecular weight excluding hydrogens is 290 g/mol. The average Bonchev–Trinajstić information content (AvgIpc) is 3.00. The van der Waals surface area contributed by atoms with Gasteiger partial charge in [0.25, 0.3) is 0 Å². The van der Waals surface area contributed by atoms with Gasteiger partial charge in [-0.25, -0.2) is 9.78 Å². The number of likely N-dealkylation sites (tertiary alicyclic amines) is 1. The van der Waals surface area contributed by atoms with Gasteiger partial charge in [-0.2, -0.15) is 0 Å². The van der Waals surface area contributed by atoms with Crippen LogP contribution in [-0.2, 0) is 0 Å². The smallest absolute Gasteiger partial charge is 0.321 e. The maximum atomic E-state index is 12.3. The summed E-state index contributed by atoms with van der Waals surface area (Å²) in [7, 11) is 0. The molecule has 5 heteroatoms. The number of hydrogen-bond donors (Lipinski definition) is 1. The Kier molecular flexibility index (Phi) is 4.46. The predicted octanol–water partition coefficient (Wildman–Crippen LogP) is 3.38. The highest BCUT2D eigenvalue weighted by atomic mass is 16.5. The van der Waals surface area contributed by atoms with E-state index in [-0.39, 0.29) is 12.1 Å². The lowest BCUT2D eigenvalue weighted by atomic mass is 10.2. The number of carbonyl (C=O) groups is 1. The van der Waals surface area contributed by atoms with E-state index in [0.717, 1.165) is 17.7 Å². The molecular formula is C18H21N3O2. The van der Waals surface area contributed by atoms with Crippen molar-refractivity contribution in [3.63, 3.8) is 0 Å². The summed E-state index contributed by atoms with van der Waals surface area (Å²) in [6.45, 7) is 5.28. The first-order chi connectivity index (χ1) is 11.1. The number of aryl methyl sites for hydroxylation is 2. The van der Waals surface area contributed by atoms with Gasteiger partial charge in [0.2, 0.25) is 5.88 Å². The first-order valence-corrected chi connectivity index (χ1v) is 7.82. The minimum Gasteiger partial charge on any atom is -0.472 e. The molecule has 0 aliphatic carbocycles. The zero-order valence-electron chi connectivity index (χ0n) is 13.5. The summed E-state index contributed by atoms with van der Waals surface area (Å²) in [6.07, 6.45) is 2.59. The van der Waals surface area contributed by atoms with Crippen molar-refractivity contribution >= 4 is 11.7 Å². The van der Waals surface area contributed by atoms with Gasteiger partial charge in [0.15, 0.2) is 0 Å². The second-order valence-electron chi connectivity index (χ2n) is 5.94. The second kappa shape index (κ2) is 6.69. The van der Waals surface area contributed by atoms with Gasteiger partial charge in [0.1, 0.15) is 6.10 Å². The Morgan fingerprint density at radius 2 is 1.91 bits per heavy atom. The van der Waals surface area contributed by atoms with Crippen LogP contribution >= 0.6 is 0 Å². The van der Waals surface area contributed by atoms with Crippen molar-refractivity contribution in [1.82, 2.24) is 9.88 Å². The summed E-state index contributed by atoms with van der Waals surface area (Å²) >= 11 is 0. The molecule has 3 rings (SSSR count). The zero-order chi connectivity index (χ0) is 16.2. The van der Waals surface area contributed by atoms with Crippen LogP contribution in [0.1, 0.15) is 17.5 Å². The molecule has 0 bridgehead atoms. The van der Waals surface area contributed by atoms with E-state index in [1.54, 1.807) is 11.1 Å². The number of pyridine rings is 1. The number of carbonyl (C=O) groups excluding carboxylic acids is 1. The maximum absolute atomic E-state index is 12.3. The minimum absolute atomic E-state index is 0.00558. The molecule has 2 amide bonds. The molecule has 1 aliphatic rings. The SMILES string of the molecule is Cc1ccc(NC(=O)N2CCC(Oc3ccc(C)cn3)C2)cc1. The molecule has 1 unspecified atom stereocenters.